The van der Waals surface area contributed by atoms with E-state index in [0.717, 1.165) is 29.9 Å². The van der Waals surface area contributed by atoms with Gasteiger partial charge in [-0.2, -0.15) is 13.2 Å². The number of nitrogens with zero attached hydrogens (tertiary/aromatic N) is 1. The molecular formula is C21H28F3N3O6. The second-order valence-corrected chi connectivity index (χ2v) is 8.30. The van der Waals surface area contributed by atoms with E-state index in [2.05, 4.69) is 5.43 Å². The van der Waals surface area contributed by atoms with Gasteiger partial charge < -0.3 is 14.6 Å². The van der Waals surface area contributed by atoms with Crippen molar-refractivity contribution in [3.05, 3.63) is 29.3 Å². The molecular weight excluding hydrogens is 447 g/mol. The Kier molecular flexibility index (Phi) is 7.83. The summed E-state index contributed by atoms with van der Waals surface area (Å²) in [5, 5.41) is 9.47. The second-order valence-electron chi connectivity index (χ2n) is 8.30. The van der Waals surface area contributed by atoms with Crippen LogP contribution in [0.1, 0.15) is 62.9 Å². The number of hydrogen-bond donors (Lipinski definition) is 3. The molecule has 1 saturated heterocycles. The molecule has 1 aliphatic rings. The molecule has 1 fully saturated rings. The minimum atomic E-state index is -4.76. The van der Waals surface area contributed by atoms with Crippen LogP contribution >= 0.6 is 0 Å². The summed E-state index contributed by atoms with van der Waals surface area (Å²) in [5.74, 6) is -2.32. The van der Waals surface area contributed by atoms with Crippen LogP contribution in [0.2, 0.25) is 0 Å². The molecule has 1 aliphatic heterocycles. The van der Waals surface area contributed by atoms with Crippen LogP contribution < -0.4 is 15.6 Å². The number of hydrazine groups is 1. The lowest BCUT2D eigenvalue weighted by molar-refractivity contribution is -0.139. The number of alkyl halides is 3. The summed E-state index contributed by atoms with van der Waals surface area (Å²) in [6, 6.07) is 2.81. The van der Waals surface area contributed by atoms with Crippen LogP contribution in [0, 0.1) is 0 Å². The molecule has 0 saturated carbocycles. The molecule has 1 heterocycles. The lowest BCUT2D eigenvalue weighted by Crippen LogP contribution is -2.63. The number of nitrogens with one attached hydrogen (secondary N) is 2. The topological polar surface area (TPSA) is 117 Å². The van der Waals surface area contributed by atoms with Gasteiger partial charge in [0, 0.05) is 5.56 Å². The minimum absolute atomic E-state index is 0.107. The zero-order chi connectivity index (χ0) is 25.0. The van der Waals surface area contributed by atoms with Crippen LogP contribution in [0.3, 0.4) is 0 Å². The number of halogens is 3. The Balaban J connectivity index is 2.13. The third kappa shape index (κ3) is 5.86. The van der Waals surface area contributed by atoms with Crippen molar-refractivity contribution in [2.75, 3.05) is 13.2 Å². The van der Waals surface area contributed by atoms with Crippen LogP contribution in [-0.2, 0) is 15.7 Å². The molecule has 9 nitrogen and oxygen atoms in total. The predicted octanol–water partition coefficient (Wildman–Crippen LogP) is 3.54. The summed E-state index contributed by atoms with van der Waals surface area (Å²) >= 11 is 0. The van der Waals surface area contributed by atoms with E-state index in [1.807, 2.05) is 12.3 Å². The molecule has 3 N–H and O–H groups in total. The molecule has 0 bridgehead atoms. The van der Waals surface area contributed by atoms with Crippen molar-refractivity contribution >= 4 is 17.9 Å². The maximum absolute atomic E-state index is 13.5. The fraction of sp³-hybridized carbons (Fsp3) is 0.571. The standard InChI is InChI=1S/C21H28F3N3O6/c1-5-6-7-10-32-15-9-8-13(11-14(15)21(22,23)24)16(28)25-26-17(29)20(4)12-33-19(2,3)27(20)18(30)31/h8-9,11H,5-7,10,12H2,1-4H3,(H,25,28)(H,26,29)(H,30,31). The molecule has 0 spiro atoms. The molecule has 0 aliphatic carbocycles. The van der Waals surface area contributed by atoms with Crippen molar-refractivity contribution < 1.29 is 42.1 Å². The van der Waals surface area contributed by atoms with Gasteiger partial charge in [-0.25, -0.2) is 4.79 Å². The van der Waals surface area contributed by atoms with Crippen LogP contribution in [0.4, 0.5) is 18.0 Å². The van der Waals surface area contributed by atoms with Crippen molar-refractivity contribution in [1.82, 2.24) is 15.8 Å². The fourth-order valence-corrected chi connectivity index (χ4v) is 3.52. The van der Waals surface area contributed by atoms with Crippen LogP contribution in [0.25, 0.3) is 0 Å². The van der Waals surface area contributed by atoms with Gasteiger partial charge in [-0.15, -0.1) is 0 Å². The lowest BCUT2D eigenvalue weighted by atomic mass is 10.0. The smallest absolute Gasteiger partial charge is 0.419 e. The van der Waals surface area contributed by atoms with Gasteiger partial charge in [-0.1, -0.05) is 19.8 Å². The molecule has 1 atom stereocenters. The average molecular weight is 475 g/mol. The molecule has 1 aromatic carbocycles. The number of carbonyl (C=O) groups is 3. The monoisotopic (exact) mass is 475 g/mol. The van der Waals surface area contributed by atoms with Crippen LogP contribution in [0.15, 0.2) is 18.2 Å². The summed E-state index contributed by atoms with van der Waals surface area (Å²) in [5.41, 5.74) is -0.357. The first-order chi connectivity index (χ1) is 15.2. The largest absolute Gasteiger partial charge is 0.493 e. The summed E-state index contributed by atoms with van der Waals surface area (Å²) < 4.78 is 51.0. The highest BCUT2D eigenvalue weighted by atomic mass is 19.4. The second kappa shape index (κ2) is 9.86. The van der Waals surface area contributed by atoms with Crippen molar-refractivity contribution in [1.29, 1.82) is 0 Å². The Morgan fingerprint density at radius 2 is 1.85 bits per heavy atom. The first-order valence-corrected chi connectivity index (χ1v) is 10.4. The third-order valence-corrected chi connectivity index (χ3v) is 5.26. The van der Waals surface area contributed by atoms with E-state index in [1.165, 1.54) is 20.8 Å². The van der Waals surface area contributed by atoms with E-state index in [4.69, 9.17) is 9.47 Å². The molecule has 184 valence electrons. The van der Waals surface area contributed by atoms with Crippen molar-refractivity contribution in [3.63, 3.8) is 0 Å². The maximum Gasteiger partial charge on any atom is 0.419 e. The van der Waals surface area contributed by atoms with Gasteiger partial charge in [-0.05, 0) is 45.4 Å². The highest BCUT2D eigenvalue weighted by Gasteiger charge is 2.56. The highest BCUT2D eigenvalue weighted by molar-refractivity contribution is 5.97. The molecule has 2 rings (SSSR count). The van der Waals surface area contributed by atoms with Gasteiger partial charge >= 0.3 is 12.3 Å². The van der Waals surface area contributed by atoms with Crippen LogP contribution in [0.5, 0.6) is 5.75 Å². The van der Waals surface area contributed by atoms with E-state index in [-0.39, 0.29) is 18.8 Å². The number of carboxylic acid groups (broad SMARTS) is 1. The van der Waals surface area contributed by atoms with Crippen molar-refractivity contribution in [2.24, 2.45) is 0 Å². The lowest BCUT2D eigenvalue weighted by Gasteiger charge is -2.36. The van der Waals surface area contributed by atoms with E-state index in [9.17, 15) is 32.7 Å². The van der Waals surface area contributed by atoms with Crippen LogP contribution in [-0.4, -0.2) is 52.4 Å². The zero-order valence-corrected chi connectivity index (χ0v) is 18.8. The quantitative estimate of drug-likeness (QED) is 0.410. The number of rotatable bonds is 7. The Morgan fingerprint density at radius 1 is 1.18 bits per heavy atom. The molecule has 0 aromatic heterocycles. The van der Waals surface area contributed by atoms with Gasteiger partial charge in [0.15, 0.2) is 0 Å². The summed E-state index contributed by atoms with van der Waals surface area (Å²) in [7, 11) is 0. The number of ether oxygens (including phenoxy) is 2. The number of carbonyl (C=O) groups excluding carboxylic acids is 2. The maximum atomic E-state index is 13.5. The number of benzene rings is 1. The van der Waals surface area contributed by atoms with E-state index in [1.54, 1.807) is 0 Å². The van der Waals surface area contributed by atoms with Gasteiger partial charge in [0.1, 0.15) is 17.0 Å². The molecule has 12 heteroatoms. The number of hydrogen-bond acceptors (Lipinski definition) is 5. The van der Waals surface area contributed by atoms with Gasteiger partial charge in [0.2, 0.25) is 0 Å². The fourth-order valence-electron chi connectivity index (χ4n) is 3.52. The minimum Gasteiger partial charge on any atom is -0.493 e. The normalized spacial score (nSPS) is 19.8. The number of amides is 3. The molecule has 3 amide bonds. The third-order valence-electron chi connectivity index (χ3n) is 5.26. The summed E-state index contributed by atoms with van der Waals surface area (Å²) in [6.07, 6.45) is -3.89. The first kappa shape index (κ1) is 26.2. The Hall–Kier alpha value is -3.02. The Bertz CT molecular complexity index is 906. The molecule has 33 heavy (non-hydrogen) atoms. The SMILES string of the molecule is CCCCCOc1ccc(C(=O)NNC(=O)C2(C)COC(C)(C)N2C(=O)O)cc1C(F)(F)F. The predicted molar refractivity (Wildman–Crippen MR) is 110 cm³/mol. The summed E-state index contributed by atoms with van der Waals surface area (Å²) in [4.78, 5) is 37.5. The molecule has 1 unspecified atom stereocenters. The summed E-state index contributed by atoms with van der Waals surface area (Å²) in [6.45, 7) is 6.01. The zero-order valence-electron chi connectivity index (χ0n) is 18.8. The van der Waals surface area contributed by atoms with Crippen molar-refractivity contribution in [3.8, 4) is 5.75 Å². The Morgan fingerprint density at radius 3 is 2.42 bits per heavy atom. The Labute approximate surface area is 189 Å². The van der Waals surface area contributed by atoms with Gasteiger partial charge in [0.05, 0.1) is 18.8 Å². The molecule has 0 radical (unpaired) electrons. The highest BCUT2D eigenvalue weighted by Crippen LogP contribution is 2.37. The van der Waals surface area contributed by atoms with E-state index in [0.29, 0.717) is 12.5 Å². The van der Waals surface area contributed by atoms with Crippen molar-refractivity contribution in [2.45, 2.75) is 64.4 Å². The first-order valence-electron chi connectivity index (χ1n) is 10.4. The van der Waals surface area contributed by atoms with E-state index >= 15 is 0 Å². The number of unbranched alkanes of at least 4 members (excludes halogenated alkanes) is 2. The average Bonchev–Trinajstić information content (AvgIpc) is 2.98. The van der Waals surface area contributed by atoms with E-state index < -0.39 is 46.7 Å². The van der Waals surface area contributed by atoms with Gasteiger partial charge in [0.25, 0.3) is 11.8 Å². The van der Waals surface area contributed by atoms with Gasteiger partial charge in [-0.3, -0.25) is 25.3 Å². The molecule has 1 aromatic rings.